The summed E-state index contributed by atoms with van der Waals surface area (Å²) in [5.74, 6) is -1.47. The summed E-state index contributed by atoms with van der Waals surface area (Å²) in [5.41, 5.74) is 6.84. The standard InChI is InChI=1S/C14H11IN2O3/c15-9-3-6-12(11(7-9)14(19)20)17-13(18)8-1-4-10(16)5-2-8/h1-7H,16H2,(H,17,18)(H,19,20). The van der Waals surface area contributed by atoms with Crippen molar-refractivity contribution in [1.82, 2.24) is 0 Å². The van der Waals surface area contributed by atoms with Crippen LogP contribution in [0.1, 0.15) is 20.7 Å². The average Bonchev–Trinajstić information content (AvgIpc) is 2.41. The van der Waals surface area contributed by atoms with E-state index in [1.165, 1.54) is 6.07 Å². The zero-order chi connectivity index (χ0) is 14.7. The number of carbonyl (C=O) groups is 2. The first-order valence-electron chi connectivity index (χ1n) is 5.67. The number of amides is 1. The van der Waals surface area contributed by atoms with Crippen molar-refractivity contribution in [3.8, 4) is 0 Å². The van der Waals surface area contributed by atoms with Gasteiger partial charge in [0.2, 0.25) is 0 Å². The van der Waals surface area contributed by atoms with Crippen LogP contribution in [0.2, 0.25) is 0 Å². The lowest BCUT2D eigenvalue weighted by Crippen LogP contribution is -2.15. The van der Waals surface area contributed by atoms with Crippen LogP contribution >= 0.6 is 22.6 Å². The number of carboxylic acids is 1. The molecule has 0 saturated heterocycles. The highest BCUT2D eigenvalue weighted by Crippen LogP contribution is 2.20. The van der Waals surface area contributed by atoms with Gasteiger partial charge in [0, 0.05) is 14.8 Å². The first kappa shape index (κ1) is 14.3. The van der Waals surface area contributed by atoms with E-state index in [0.29, 0.717) is 11.3 Å². The summed E-state index contributed by atoms with van der Waals surface area (Å²) in [4.78, 5) is 23.2. The number of halogens is 1. The predicted molar refractivity (Wildman–Crippen MR) is 84.9 cm³/mol. The molecule has 0 aliphatic carbocycles. The molecule has 0 heterocycles. The molecule has 102 valence electrons. The van der Waals surface area contributed by atoms with Gasteiger partial charge in [-0.05, 0) is 65.1 Å². The van der Waals surface area contributed by atoms with Gasteiger partial charge in [0.1, 0.15) is 0 Å². The van der Waals surface area contributed by atoms with Gasteiger partial charge in [-0.2, -0.15) is 0 Å². The molecule has 4 N–H and O–H groups in total. The van der Waals surface area contributed by atoms with Gasteiger partial charge < -0.3 is 16.2 Å². The second-order valence-electron chi connectivity index (χ2n) is 4.07. The minimum atomic E-state index is -1.09. The molecule has 5 nitrogen and oxygen atoms in total. The van der Waals surface area contributed by atoms with Gasteiger partial charge in [0.25, 0.3) is 5.91 Å². The number of hydrogen-bond donors (Lipinski definition) is 3. The quantitative estimate of drug-likeness (QED) is 0.562. The van der Waals surface area contributed by atoms with Crippen LogP contribution < -0.4 is 11.1 Å². The highest BCUT2D eigenvalue weighted by Gasteiger charge is 2.14. The molecule has 20 heavy (non-hydrogen) atoms. The maximum Gasteiger partial charge on any atom is 0.337 e. The summed E-state index contributed by atoms with van der Waals surface area (Å²) in [6.45, 7) is 0. The van der Waals surface area contributed by atoms with Gasteiger partial charge in [-0.15, -0.1) is 0 Å². The fraction of sp³-hybridized carbons (Fsp3) is 0. The van der Waals surface area contributed by atoms with Crippen molar-refractivity contribution in [2.75, 3.05) is 11.1 Å². The summed E-state index contributed by atoms with van der Waals surface area (Å²) >= 11 is 2.01. The number of rotatable bonds is 3. The minimum Gasteiger partial charge on any atom is -0.478 e. The smallest absolute Gasteiger partial charge is 0.337 e. The van der Waals surface area contributed by atoms with Crippen LogP contribution in [0.4, 0.5) is 11.4 Å². The van der Waals surface area contributed by atoms with Gasteiger partial charge >= 0.3 is 5.97 Å². The number of carbonyl (C=O) groups excluding carboxylic acids is 1. The van der Waals surface area contributed by atoms with Crippen LogP contribution in [0.5, 0.6) is 0 Å². The third-order valence-electron chi connectivity index (χ3n) is 2.63. The largest absolute Gasteiger partial charge is 0.478 e. The topological polar surface area (TPSA) is 92.4 Å². The van der Waals surface area contributed by atoms with E-state index in [2.05, 4.69) is 5.32 Å². The number of hydrogen-bond acceptors (Lipinski definition) is 3. The number of anilines is 2. The zero-order valence-corrected chi connectivity index (χ0v) is 12.4. The maximum absolute atomic E-state index is 12.0. The maximum atomic E-state index is 12.0. The Kier molecular flexibility index (Phi) is 4.23. The second-order valence-corrected chi connectivity index (χ2v) is 5.32. The van der Waals surface area contributed by atoms with E-state index in [4.69, 9.17) is 10.8 Å². The molecule has 0 atom stereocenters. The highest BCUT2D eigenvalue weighted by atomic mass is 127. The number of nitrogen functional groups attached to an aromatic ring is 1. The van der Waals surface area contributed by atoms with E-state index in [1.807, 2.05) is 22.6 Å². The van der Waals surface area contributed by atoms with Crippen LogP contribution in [0.25, 0.3) is 0 Å². The Morgan fingerprint density at radius 2 is 1.75 bits per heavy atom. The Morgan fingerprint density at radius 1 is 1.10 bits per heavy atom. The van der Waals surface area contributed by atoms with Crippen molar-refractivity contribution in [2.24, 2.45) is 0 Å². The molecular formula is C14H11IN2O3. The minimum absolute atomic E-state index is 0.0562. The van der Waals surface area contributed by atoms with Crippen molar-refractivity contribution in [1.29, 1.82) is 0 Å². The van der Waals surface area contributed by atoms with Crippen molar-refractivity contribution in [3.05, 3.63) is 57.2 Å². The molecule has 0 fully saturated rings. The Balaban J connectivity index is 2.28. The lowest BCUT2D eigenvalue weighted by molar-refractivity contribution is 0.0698. The first-order chi connectivity index (χ1) is 9.47. The molecule has 0 aromatic heterocycles. The van der Waals surface area contributed by atoms with Crippen LogP contribution in [-0.4, -0.2) is 17.0 Å². The number of nitrogens with one attached hydrogen (secondary N) is 1. The molecule has 1 amide bonds. The molecule has 0 aliphatic rings. The zero-order valence-electron chi connectivity index (χ0n) is 10.3. The van der Waals surface area contributed by atoms with Crippen molar-refractivity contribution < 1.29 is 14.7 Å². The molecule has 0 radical (unpaired) electrons. The highest BCUT2D eigenvalue weighted by molar-refractivity contribution is 14.1. The monoisotopic (exact) mass is 382 g/mol. The first-order valence-corrected chi connectivity index (χ1v) is 6.75. The molecule has 6 heteroatoms. The summed E-state index contributed by atoms with van der Waals surface area (Å²) in [6, 6.07) is 11.2. The Morgan fingerprint density at radius 3 is 2.35 bits per heavy atom. The van der Waals surface area contributed by atoms with Crippen LogP contribution in [0.3, 0.4) is 0 Å². The molecular weight excluding hydrogens is 371 g/mol. The van der Waals surface area contributed by atoms with E-state index >= 15 is 0 Å². The molecule has 2 rings (SSSR count). The van der Waals surface area contributed by atoms with Gasteiger partial charge in [0.15, 0.2) is 0 Å². The van der Waals surface area contributed by atoms with Gasteiger partial charge in [-0.3, -0.25) is 4.79 Å². The van der Waals surface area contributed by atoms with E-state index in [0.717, 1.165) is 3.57 Å². The van der Waals surface area contributed by atoms with Gasteiger partial charge in [-0.25, -0.2) is 4.79 Å². The fourth-order valence-electron chi connectivity index (χ4n) is 1.63. The van der Waals surface area contributed by atoms with E-state index in [9.17, 15) is 9.59 Å². The third-order valence-corrected chi connectivity index (χ3v) is 3.30. The molecule has 0 bridgehead atoms. The Hall–Kier alpha value is -2.09. The number of aromatic carboxylic acids is 1. The van der Waals surface area contributed by atoms with Crippen molar-refractivity contribution in [2.45, 2.75) is 0 Å². The van der Waals surface area contributed by atoms with Crippen LogP contribution in [-0.2, 0) is 0 Å². The van der Waals surface area contributed by atoms with Crippen molar-refractivity contribution in [3.63, 3.8) is 0 Å². The number of nitrogens with two attached hydrogens (primary N) is 1. The number of benzene rings is 2. The molecule has 0 saturated carbocycles. The lowest BCUT2D eigenvalue weighted by Gasteiger charge is -2.09. The number of carboxylic acid groups (broad SMARTS) is 1. The predicted octanol–water partition coefficient (Wildman–Crippen LogP) is 2.82. The Labute approximate surface area is 128 Å². The van der Waals surface area contributed by atoms with Gasteiger partial charge in [-0.1, -0.05) is 0 Å². The summed E-state index contributed by atoms with van der Waals surface area (Å²) in [7, 11) is 0. The Bertz CT molecular complexity index is 669. The average molecular weight is 382 g/mol. The molecule has 0 aliphatic heterocycles. The SMILES string of the molecule is Nc1ccc(C(=O)Nc2ccc(I)cc2C(=O)O)cc1. The fourth-order valence-corrected chi connectivity index (χ4v) is 2.12. The lowest BCUT2D eigenvalue weighted by atomic mass is 10.1. The van der Waals surface area contributed by atoms with Crippen LogP contribution in [0, 0.1) is 3.57 Å². The van der Waals surface area contributed by atoms with Gasteiger partial charge in [0.05, 0.1) is 11.3 Å². The van der Waals surface area contributed by atoms with Crippen molar-refractivity contribution >= 4 is 45.8 Å². The summed E-state index contributed by atoms with van der Waals surface area (Å²) < 4.78 is 0.783. The summed E-state index contributed by atoms with van der Waals surface area (Å²) in [5, 5.41) is 11.7. The second kappa shape index (κ2) is 5.91. The molecule has 0 unspecified atom stereocenters. The molecule has 0 spiro atoms. The van der Waals surface area contributed by atoms with E-state index in [-0.39, 0.29) is 17.2 Å². The third kappa shape index (κ3) is 3.27. The van der Waals surface area contributed by atoms with Crippen LogP contribution in [0.15, 0.2) is 42.5 Å². The summed E-state index contributed by atoms with van der Waals surface area (Å²) in [6.07, 6.45) is 0. The molecule has 2 aromatic carbocycles. The van der Waals surface area contributed by atoms with E-state index in [1.54, 1.807) is 36.4 Å². The molecule has 2 aromatic rings. The normalized spacial score (nSPS) is 10.1. The van der Waals surface area contributed by atoms with E-state index < -0.39 is 5.97 Å².